The van der Waals surface area contributed by atoms with E-state index in [0.29, 0.717) is 17.3 Å². The van der Waals surface area contributed by atoms with Crippen LogP contribution in [0.5, 0.6) is 5.75 Å². The van der Waals surface area contributed by atoms with Gasteiger partial charge in [-0.05, 0) is 73.8 Å². The van der Waals surface area contributed by atoms with E-state index in [1.165, 1.54) is 23.5 Å². The third-order valence-corrected chi connectivity index (χ3v) is 5.28. The smallest absolute Gasteiger partial charge is 0.387 e. The predicted molar refractivity (Wildman–Crippen MR) is 102 cm³/mol. The van der Waals surface area contributed by atoms with Crippen LogP contribution in [0.4, 0.5) is 8.78 Å². The van der Waals surface area contributed by atoms with Crippen LogP contribution in [0.25, 0.3) is 10.4 Å². The van der Waals surface area contributed by atoms with Gasteiger partial charge in [0.05, 0.1) is 4.88 Å². The number of amides is 1. The van der Waals surface area contributed by atoms with Gasteiger partial charge in [-0.3, -0.25) is 4.79 Å². The van der Waals surface area contributed by atoms with Gasteiger partial charge in [-0.2, -0.15) is 8.78 Å². The molecule has 0 bridgehead atoms. The average Bonchev–Trinajstić information content (AvgIpc) is 3.11. The molecule has 8 heteroatoms. The zero-order chi connectivity index (χ0) is 17.6. The molecular formula is C18H21ClF2N2O2S. The maximum absolute atomic E-state index is 12.3. The number of hydrogen-bond donors (Lipinski definition) is 2. The molecule has 1 unspecified atom stereocenters. The fourth-order valence-electron chi connectivity index (χ4n) is 2.84. The number of hydrogen-bond acceptors (Lipinski definition) is 4. The summed E-state index contributed by atoms with van der Waals surface area (Å²) in [6.45, 7) is -0.149. The van der Waals surface area contributed by atoms with Gasteiger partial charge in [-0.1, -0.05) is 0 Å². The van der Waals surface area contributed by atoms with Gasteiger partial charge in [0, 0.05) is 11.4 Å². The van der Waals surface area contributed by atoms with Crippen LogP contribution < -0.4 is 15.4 Å². The van der Waals surface area contributed by atoms with Crippen molar-refractivity contribution in [3.8, 4) is 16.2 Å². The third kappa shape index (κ3) is 5.65. The van der Waals surface area contributed by atoms with E-state index in [0.717, 1.165) is 36.4 Å². The molecule has 0 radical (unpaired) electrons. The van der Waals surface area contributed by atoms with Gasteiger partial charge in [0.2, 0.25) is 0 Å². The number of benzene rings is 1. The second-order valence-corrected chi connectivity index (χ2v) is 7.07. The van der Waals surface area contributed by atoms with Crippen LogP contribution in [-0.4, -0.2) is 32.2 Å². The summed E-state index contributed by atoms with van der Waals surface area (Å²) in [7, 11) is 0. The molecule has 26 heavy (non-hydrogen) atoms. The molecule has 0 spiro atoms. The Bertz CT molecular complexity index is 703. The summed E-state index contributed by atoms with van der Waals surface area (Å²) in [4.78, 5) is 13.8. The topological polar surface area (TPSA) is 50.4 Å². The minimum atomic E-state index is -2.83. The lowest BCUT2D eigenvalue weighted by Gasteiger charge is -2.22. The second kappa shape index (κ2) is 9.85. The molecule has 2 heterocycles. The molecule has 0 aliphatic carbocycles. The first kappa shape index (κ1) is 20.6. The maximum Gasteiger partial charge on any atom is 0.387 e. The molecule has 1 aromatic heterocycles. The van der Waals surface area contributed by atoms with Crippen LogP contribution >= 0.6 is 23.7 Å². The van der Waals surface area contributed by atoms with Gasteiger partial charge in [0.25, 0.3) is 5.91 Å². The lowest BCUT2D eigenvalue weighted by atomic mass is 10.00. The Balaban J connectivity index is 0.00000243. The number of ether oxygens (including phenoxy) is 1. The van der Waals surface area contributed by atoms with Crippen LogP contribution in [0.15, 0.2) is 36.4 Å². The van der Waals surface area contributed by atoms with E-state index in [1.807, 2.05) is 6.07 Å². The van der Waals surface area contributed by atoms with Gasteiger partial charge >= 0.3 is 6.61 Å². The minimum absolute atomic E-state index is 0. The fraction of sp³-hybridized carbons (Fsp3) is 0.389. The van der Waals surface area contributed by atoms with E-state index >= 15 is 0 Å². The van der Waals surface area contributed by atoms with Gasteiger partial charge < -0.3 is 15.4 Å². The Morgan fingerprint density at radius 1 is 1.27 bits per heavy atom. The van der Waals surface area contributed by atoms with Crippen molar-refractivity contribution >= 4 is 29.7 Å². The van der Waals surface area contributed by atoms with Crippen LogP contribution in [0.2, 0.25) is 0 Å². The Hall–Kier alpha value is -1.70. The number of rotatable bonds is 6. The number of halogens is 3. The third-order valence-electron chi connectivity index (χ3n) is 4.14. The van der Waals surface area contributed by atoms with Crippen molar-refractivity contribution in [1.82, 2.24) is 10.6 Å². The fourth-order valence-corrected chi connectivity index (χ4v) is 3.77. The molecule has 3 rings (SSSR count). The molecule has 1 aliphatic rings. The summed E-state index contributed by atoms with van der Waals surface area (Å²) < 4.78 is 28.7. The Morgan fingerprint density at radius 3 is 2.69 bits per heavy atom. The highest BCUT2D eigenvalue weighted by atomic mass is 35.5. The molecule has 1 aromatic carbocycles. The quantitative estimate of drug-likeness (QED) is 0.762. The zero-order valence-electron chi connectivity index (χ0n) is 14.0. The summed E-state index contributed by atoms with van der Waals surface area (Å²) in [5.41, 5.74) is 0.863. The van der Waals surface area contributed by atoms with Crippen molar-refractivity contribution in [2.24, 2.45) is 5.92 Å². The number of nitrogens with one attached hydrogen (secondary N) is 2. The Kier molecular flexibility index (Phi) is 7.81. The standard InChI is InChI=1S/C18H20F2N2O2S.ClH/c19-18(20)24-14-5-3-13(4-6-14)15-7-8-16(25-15)17(23)22-11-12-2-1-9-21-10-12;/h3-8,12,18,21H,1-2,9-11H2,(H,22,23);1H. The van der Waals surface area contributed by atoms with E-state index in [2.05, 4.69) is 15.4 Å². The zero-order valence-corrected chi connectivity index (χ0v) is 15.7. The molecule has 1 saturated heterocycles. The van der Waals surface area contributed by atoms with Crippen molar-refractivity contribution in [2.75, 3.05) is 19.6 Å². The molecule has 1 aliphatic heterocycles. The van der Waals surface area contributed by atoms with Gasteiger partial charge in [-0.15, -0.1) is 23.7 Å². The lowest BCUT2D eigenvalue weighted by Crippen LogP contribution is -2.37. The Morgan fingerprint density at radius 2 is 2.04 bits per heavy atom. The largest absolute Gasteiger partial charge is 0.435 e. The highest BCUT2D eigenvalue weighted by molar-refractivity contribution is 7.17. The van der Waals surface area contributed by atoms with Gasteiger partial charge in [0.1, 0.15) is 5.75 Å². The highest BCUT2D eigenvalue weighted by Gasteiger charge is 2.16. The number of carbonyl (C=O) groups excluding carboxylic acids is 1. The maximum atomic E-state index is 12.3. The van der Waals surface area contributed by atoms with Crippen molar-refractivity contribution in [1.29, 1.82) is 0 Å². The Labute approximate surface area is 161 Å². The number of alkyl halides is 2. The van der Waals surface area contributed by atoms with E-state index in [4.69, 9.17) is 0 Å². The average molecular weight is 403 g/mol. The summed E-state index contributed by atoms with van der Waals surface area (Å²) in [5, 5.41) is 6.33. The molecule has 1 fully saturated rings. The summed E-state index contributed by atoms with van der Waals surface area (Å²) in [6, 6.07) is 10.1. The van der Waals surface area contributed by atoms with Crippen molar-refractivity contribution in [3.63, 3.8) is 0 Å². The summed E-state index contributed by atoms with van der Waals surface area (Å²) >= 11 is 1.38. The van der Waals surface area contributed by atoms with E-state index < -0.39 is 6.61 Å². The first-order chi connectivity index (χ1) is 12.1. The SMILES string of the molecule is Cl.O=C(NCC1CCCNC1)c1ccc(-c2ccc(OC(F)F)cc2)s1. The van der Waals surface area contributed by atoms with Gasteiger partial charge in [0.15, 0.2) is 0 Å². The molecular weight excluding hydrogens is 382 g/mol. The number of carbonyl (C=O) groups is 1. The summed E-state index contributed by atoms with van der Waals surface area (Å²) in [5.74, 6) is 0.536. The van der Waals surface area contributed by atoms with Crippen LogP contribution in [0.1, 0.15) is 22.5 Å². The molecule has 4 nitrogen and oxygen atoms in total. The molecule has 1 amide bonds. The van der Waals surface area contributed by atoms with Crippen LogP contribution in [-0.2, 0) is 0 Å². The van der Waals surface area contributed by atoms with Crippen molar-refractivity contribution in [3.05, 3.63) is 41.3 Å². The first-order valence-corrected chi connectivity index (χ1v) is 9.07. The second-order valence-electron chi connectivity index (χ2n) is 5.99. The molecule has 1 atom stereocenters. The highest BCUT2D eigenvalue weighted by Crippen LogP contribution is 2.29. The molecule has 142 valence electrons. The van der Waals surface area contributed by atoms with E-state index in [-0.39, 0.29) is 24.1 Å². The monoisotopic (exact) mass is 402 g/mol. The van der Waals surface area contributed by atoms with Crippen molar-refractivity contribution in [2.45, 2.75) is 19.5 Å². The lowest BCUT2D eigenvalue weighted by molar-refractivity contribution is -0.0498. The molecule has 2 aromatic rings. The predicted octanol–water partition coefficient (Wildman–Crippen LogP) is 4.17. The minimum Gasteiger partial charge on any atom is -0.435 e. The number of thiophene rings is 1. The first-order valence-electron chi connectivity index (χ1n) is 8.26. The molecule has 0 saturated carbocycles. The summed E-state index contributed by atoms with van der Waals surface area (Å²) in [6.07, 6.45) is 2.28. The normalized spacial score (nSPS) is 16.8. The van der Waals surface area contributed by atoms with Crippen molar-refractivity contribution < 1.29 is 18.3 Å². The van der Waals surface area contributed by atoms with E-state index in [9.17, 15) is 13.6 Å². The van der Waals surface area contributed by atoms with Crippen LogP contribution in [0, 0.1) is 5.92 Å². The number of piperidine rings is 1. The van der Waals surface area contributed by atoms with E-state index in [1.54, 1.807) is 18.2 Å². The van der Waals surface area contributed by atoms with Crippen LogP contribution in [0.3, 0.4) is 0 Å². The van der Waals surface area contributed by atoms with Gasteiger partial charge in [-0.25, -0.2) is 0 Å². The molecule has 2 N–H and O–H groups in total.